The van der Waals surface area contributed by atoms with Crippen molar-refractivity contribution >= 4 is 59.6 Å². The second kappa shape index (κ2) is 35.2. The third-order valence-electron chi connectivity index (χ3n) is 20.8. The van der Waals surface area contributed by atoms with Gasteiger partial charge in [0.15, 0.2) is 0 Å². The van der Waals surface area contributed by atoms with Gasteiger partial charge in [0.2, 0.25) is 0 Å². The number of rotatable bonds is 14. The predicted molar refractivity (Wildman–Crippen MR) is 474 cm³/mol. The SMILES string of the molecule is C[Si](C)(C)c1cccc([Si](C)(C)C)c1-n1c(-c2[c-]ccc(-c3ccc(-c4ccccc4)cc3)c2)nc2ccccc21.Cc1cc(C)c(-n2c(-c3[c-]ccc(-c4cccc(-c5ccccc5)c4)c3)nc3ccccc32)c(C)c1.Cc1cccc(-c2ccccc2)c1-n1c(-c2[c-]ccc(-c3ccccc3)c2)nc2ccccc21.[Ir].[Ir].[Ir]. The Balaban J connectivity index is 0.000000148. The van der Waals surface area contributed by atoms with E-state index in [1.807, 2.05) is 36.4 Å². The molecular formula is C103H87Ir3N6Si2-3. The Morgan fingerprint density at radius 1 is 0.246 bits per heavy atom. The molecule has 114 heavy (non-hydrogen) atoms. The van der Waals surface area contributed by atoms with Gasteiger partial charge in [-0.2, -0.15) is 0 Å². The van der Waals surface area contributed by atoms with Crippen LogP contribution < -0.4 is 10.4 Å². The van der Waals surface area contributed by atoms with Crippen molar-refractivity contribution in [2.45, 2.75) is 67.0 Å². The number of hydrogen-bond acceptors (Lipinski definition) is 3. The Labute approximate surface area is 713 Å². The van der Waals surface area contributed by atoms with Gasteiger partial charge in [0.25, 0.3) is 0 Å². The zero-order chi connectivity index (χ0) is 76.3. The molecule has 0 fully saturated rings. The summed E-state index contributed by atoms with van der Waals surface area (Å²) < 4.78 is 7.05. The van der Waals surface area contributed by atoms with Crippen LogP contribution in [0.3, 0.4) is 0 Å². The fourth-order valence-corrected chi connectivity index (χ4v) is 18.8. The molecule has 0 aliphatic rings. The molecule has 18 aromatic rings. The molecule has 3 aromatic heterocycles. The van der Waals surface area contributed by atoms with Crippen molar-refractivity contribution in [1.82, 2.24) is 28.7 Å². The first-order chi connectivity index (χ1) is 54.0. The van der Waals surface area contributed by atoms with Crippen LogP contribution in [0.25, 0.3) is 151 Å². The predicted octanol–water partition coefficient (Wildman–Crippen LogP) is 25.8. The molecule has 15 aromatic carbocycles. The van der Waals surface area contributed by atoms with Crippen LogP contribution in [-0.2, 0) is 60.3 Å². The van der Waals surface area contributed by atoms with E-state index in [9.17, 15) is 0 Å². The number of fused-ring (bicyclic) bond motifs is 3. The van der Waals surface area contributed by atoms with Gasteiger partial charge in [-0.1, -0.05) is 294 Å². The average Bonchev–Trinajstić information content (AvgIpc) is 1.46. The van der Waals surface area contributed by atoms with Gasteiger partial charge in [0.1, 0.15) is 0 Å². The summed E-state index contributed by atoms with van der Waals surface area (Å²) in [5.74, 6) is 2.76. The molecule has 0 amide bonds. The molecule has 0 saturated heterocycles. The molecule has 3 heterocycles. The summed E-state index contributed by atoms with van der Waals surface area (Å²) in [7, 11) is -3.38. The minimum absolute atomic E-state index is 0. The summed E-state index contributed by atoms with van der Waals surface area (Å²) in [6, 6.07) is 132. The van der Waals surface area contributed by atoms with Crippen LogP contribution in [0.4, 0.5) is 0 Å². The van der Waals surface area contributed by atoms with E-state index in [2.05, 4.69) is 408 Å². The summed E-state index contributed by atoms with van der Waals surface area (Å²) >= 11 is 0. The third kappa shape index (κ3) is 17.0. The van der Waals surface area contributed by atoms with Gasteiger partial charge in [0, 0.05) is 82.9 Å². The van der Waals surface area contributed by atoms with Crippen molar-refractivity contribution in [1.29, 1.82) is 0 Å². The second-order valence-corrected chi connectivity index (χ2v) is 40.9. The van der Waals surface area contributed by atoms with Crippen molar-refractivity contribution in [3.05, 3.63) is 386 Å². The Bertz CT molecular complexity index is 6340. The maximum atomic E-state index is 5.26. The Morgan fingerprint density at radius 2 is 0.544 bits per heavy atom. The average molecular weight is 2040 g/mol. The van der Waals surface area contributed by atoms with Crippen molar-refractivity contribution in [3.63, 3.8) is 0 Å². The van der Waals surface area contributed by atoms with Gasteiger partial charge in [0.05, 0.1) is 66.7 Å². The van der Waals surface area contributed by atoms with E-state index in [4.69, 9.17) is 15.0 Å². The van der Waals surface area contributed by atoms with E-state index in [1.54, 1.807) is 0 Å². The zero-order valence-electron chi connectivity index (χ0n) is 65.6. The molecule has 0 saturated carbocycles. The van der Waals surface area contributed by atoms with Crippen LogP contribution in [0.15, 0.2) is 346 Å². The summed E-state index contributed by atoms with van der Waals surface area (Å²) in [5.41, 5.74) is 32.2. The van der Waals surface area contributed by atoms with E-state index in [-0.39, 0.29) is 60.3 Å². The molecule has 18 rings (SSSR count). The fourth-order valence-electron chi connectivity index (χ4n) is 15.6. The Kier molecular flexibility index (Phi) is 25.1. The Morgan fingerprint density at radius 3 is 0.956 bits per heavy atom. The van der Waals surface area contributed by atoms with E-state index >= 15 is 0 Å². The van der Waals surface area contributed by atoms with E-state index < -0.39 is 16.1 Å². The first kappa shape index (κ1) is 81.1. The number of aryl methyl sites for hydroxylation is 4. The number of benzene rings is 15. The number of para-hydroxylation sites is 8. The quantitative estimate of drug-likeness (QED) is 0.0805. The molecule has 0 aliphatic carbocycles. The van der Waals surface area contributed by atoms with Crippen molar-refractivity contribution in [2.75, 3.05) is 0 Å². The molecule has 0 spiro atoms. The van der Waals surface area contributed by atoms with Crippen LogP contribution in [0, 0.1) is 45.9 Å². The third-order valence-corrected chi connectivity index (χ3v) is 24.9. The monoisotopic (exact) mass is 2040 g/mol. The zero-order valence-corrected chi connectivity index (χ0v) is 74.8. The normalized spacial score (nSPS) is 11.2. The van der Waals surface area contributed by atoms with Crippen LogP contribution >= 0.6 is 0 Å². The minimum atomic E-state index is -1.69. The van der Waals surface area contributed by atoms with Crippen LogP contribution in [-0.4, -0.2) is 44.8 Å². The Hall–Kier alpha value is -10.9. The van der Waals surface area contributed by atoms with Gasteiger partial charge in [-0.05, 0) is 142 Å². The minimum Gasteiger partial charge on any atom is -0.333 e. The number of hydrogen-bond donors (Lipinski definition) is 0. The molecule has 6 nitrogen and oxygen atoms in total. The van der Waals surface area contributed by atoms with E-state index in [0.717, 1.165) is 84.1 Å². The van der Waals surface area contributed by atoms with Crippen molar-refractivity contribution < 1.29 is 60.3 Å². The number of imidazole rings is 3. The van der Waals surface area contributed by atoms with E-state index in [0.29, 0.717) is 0 Å². The smallest absolute Gasteiger partial charge is 0.0803 e. The topological polar surface area (TPSA) is 53.5 Å². The molecule has 567 valence electrons. The van der Waals surface area contributed by atoms with Gasteiger partial charge >= 0.3 is 0 Å². The summed E-state index contributed by atoms with van der Waals surface area (Å²) in [4.78, 5) is 15.5. The summed E-state index contributed by atoms with van der Waals surface area (Å²) in [6.07, 6.45) is 0. The molecule has 0 aliphatic heterocycles. The van der Waals surface area contributed by atoms with Crippen LogP contribution in [0.2, 0.25) is 39.3 Å². The van der Waals surface area contributed by atoms with Gasteiger partial charge < -0.3 is 13.7 Å². The fraction of sp³-hybridized carbons (Fsp3) is 0.0971. The maximum absolute atomic E-state index is 5.26. The second-order valence-electron chi connectivity index (χ2n) is 30.8. The summed E-state index contributed by atoms with van der Waals surface area (Å²) in [6.45, 7) is 23.4. The summed E-state index contributed by atoms with van der Waals surface area (Å²) in [5, 5.41) is 2.96. The van der Waals surface area contributed by atoms with Crippen LogP contribution in [0.1, 0.15) is 22.3 Å². The maximum Gasteiger partial charge on any atom is 0.0803 e. The molecular weight excluding hydrogens is 1950 g/mol. The molecule has 0 unspecified atom stereocenters. The number of nitrogens with zero attached hydrogens (tertiary/aromatic N) is 6. The van der Waals surface area contributed by atoms with E-state index in [1.165, 1.54) is 99.6 Å². The van der Waals surface area contributed by atoms with Gasteiger partial charge in [-0.25, -0.2) is 0 Å². The molecule has 11 heteroatoms. The largest absolute Gasteiger partial charge is 0.333 e. The molecule has 0 bridgehead atoms. The van der Waals surface area contributed by atoms with Gasteiger partial charge in [-0.15, -0.1) is 106 Å². The first-order valence-corrected chi connectivity index (χ1v) is 45.2. The first-order valence-electron chi connectivity index (χ1n) is 38.2. The van der Waals surface area contributed by atoms with Crippen molar-refractivity contribution in [2.24, 2.45) is 0 Å². The van der Waals surface area contributed by atoms with Crippen LogP contribution in [0.5, 0.6) is 0 Å². The molecule has 3 radical (unpaired) electrons. The number of aromatic nitrogens is 6. The standard InChI is InChI=1S/C37H37N2Si2.C34H27N2.C32H23N2.3Ir/c1-40(2,3)34-20-13-21-35(41(4,5)6)36(34)39-33-19-11-10-18-32(33)38-37(39)31-17-12-16-30(26-31)29-24-22-28(23-25-29)27-14-8-7-9-15-27;1-23-19-24(2)33(25(3)20-23)36-32-18-8-7-17-31(32)35-34(36)30-16-10-15-29(22-30)28-14-9-13-27(21-28)26-11-5-4-6-12-26;1-23-12-10-19-28(25-15-6-3-7-16-25)31(23)34-30-21-9-8-20-29(30)33-32(34)27-18-11-17-26(22-27)24-13-4-2-5-14-24;;;/h7-16,18-26H,1-6H3;4-15,17-22H,1-3H3;2-17,19-22H,1H3;;;/q3*-1;;;. The van der Waals surface area contributed by atoms with Gasteiger partial charge in [-0.3, -0.25) is 15.0 Å². The van der Waals surface area contributed by atoms with Crippen molar-refractivity contribution in [3.8, 4) is 118 Å². The molecule has 0 N–H and O–H groups in total. The molecule has 0 atom stereocenters.